The molecule has 0 aliphatic rings. The third-order valence-electron chi connectivity index (χ3n) is 8.65. The van der Waals surface area contributed by atoms with Crippen LogP contribution in [0.25, 0.3) is 0 Å². The van der Waals surface area contributed by atoms with Gasteiger partial charge >= 0.3 is 0 Å². The van der Waals surface area contributed by atoms with Crippen LogP contribution in [-0.2, 0) is 27.2 Å². The molecule has 1 aromatic rings. The fraction of sp³-hybridized carbons (Fsp3) is 0.750. The molecule has 1 aromatic carbocycles. The van der Waals surface area contributed by atoms with Gasteiger partial charge in [-0.2, -0.15) is 0 Å². The Bertz CT molecular complexity index is 867. The number of rotatable bonds is 26. The quantitative estimate of drug-likeness (QED) is 0.0736. The second-order valence-corrected chi connectivity index (χ2v) is 12.9. The number of Topliss-reactive ketones (excluding diaryl/α,β-unsaturated/α-hetero) is 3. The lowest BCUT2D eigenvalue weighted by molar-refractivity contribution is -0.133. The molecule has 0 amide bonds. The summed E-state index contributed by atoms with van der Waals surface area (Å²) in [4.78, 5) is 36.2. The van der Waals surface area contributed by atoms with Crippen molar-refractivity contribution in [1.82, 2.24) is 0 Å². The SMILES string of the molecule is C=C(C)CCc1ccc(CC)cc1.CC.CC.CCCCCCCCCCCCCCCC(=O)C(C)[C@@H](CCC)C(=O)CCC(C)=O. The minimum atomic E-state index is -0.207. The van der Waals surface area contributed by atoms with Gasteiger partial charge in [0, 0.05) is 31.1 Å². The van der Waals surface area contributed by atoms with Crippen molar-refractivity contribution >= 4 is 17.3 Å². The molecule has 3 heteroatoms. The Labute approximate surface area is 294 Å². The molecule has 1 unspecified atom stereocenters. The summed E-state index contributed by atoms with van der Waals surface area (Å²) in [5.41, 5.74) is 4.10. The van der Waals surface area contributed by atoms with Gasteiger partial charge in [0.05, 0.1) is 0 Å². The smallest absolute Gasteiger partial charge is 0.137 e. The molecule has 0 radical (unpaired) electrons. The minimum absolute atomic E-state index is 0.0459. The highest BCUT2D eigenvalue weighted by atomic mass is 16.1. The predicted octanol–water partition coefficient (Wildman–Crippen LogP) is 13.8. The van der Waals surface area contributed by atoms with E-state index >= 15 is 0 Å². The summed E-state index contributed by atoms with van der Waals surface area (Å²) < 4.78 is 0. The number of carbonyl (C=O) groups excluding carboxylic acids is 3. The minimum Gasteiger partial charge on any atom is -0.300 e. The molecule has 0 aliphatic carbocycles. The largest absolute Gasteiger partial charge is 0.300 e. The van der Waals surface area contributed by atoms with Gasteiger partial charge in [-0.15, -0.1) is 6.58 Å². The first kappa shape index (κ1) is 49.4. The lowest BCUT2D eigenvalue weighted by Gasteiger charge is -2.21. The second-order valence-electron chi connectivity index (χ2n) is 12.9. The van der Waals surface area contributed by atoms with Gasteiger partial charge < -0.3 is 4.79 Å². The monoisotopic (exact) mass is 657 g/mol. The van der Waals surface area contributed by atoms with E-state index in [0.29, 0.717) is 12.8 Å². The van der Waals surface area contributed by atoms with Crippen molar-refractivity contribution < 1.29 is 14.4 Å². The molecule has 3 nitrogen and oxygen atoms in total. The first-order valence-electron chi connectivity index (χ1n) is 19.9. The number of unbranched alkanes of at least 4 members (excludes halogenated alkanes) is 12. The standard InChI is InChI=1S/C27H50O3.C13H18.2C2H6/c1-5-7-8-9-10-11-12-13-14-15-16-17-18-20-26(29)24(4)25(19-6-2)27(30)22-21-23(3)28;1-4-12-7-9-13(10-8-12)6-5-11(2)3;2*1-2/h24-25H,5-22H2,1-4H3;7-10H,2,4-6H2,1,3H3;2*1-2H3/t24?,25-;;;/m1.../s1. The zero-order chi connectivity index (χ0) is 36.3. The highest BCUT2D eigenvalue weighted by Gasteiger charge is 2.28. The normalized spacial score (nSPS) is 11.4. The molecule has 0 aromatic heterocycles. The van der Waals surface area contributed by atoms with Gasteiger partial charge in [0.1, 0.15) is 17.3 Å². The molecule has 0 N–H and O–H groups in total. The molecule has 2 atom stereocenters. The first-order valence-corrected chi connectivity index (χ1v) is 19.9. The number of allylic oxidation sites excluding steroid dienone is 1. The van der Waals surface area contributed by atoms with E-state index in [-0.39, 0.29) is 35.6 Å². The number of hydrogen-bond acceptors (Lipinski definition) is 3. The summed E-state index contributed by atoms with van der Waals surface area (Å²) in [5.74, 6) is -0.0407. The molecular formula is C44H80O3. The zero-order valence-electron chi connectivity index (χ0n) is 33.2. The van der Waals surface area contributed by atoms with Crippen LogP contribution in [0.4, 0.5) is 0 Å². The van der Waals surface area contributed by atoms with Crippen molar-refractivity contribution in [3.05, 3.63) is 47.5 Å². The molecule has 0 saturated carbocycles. The maximum Gasteiger partial charge on any atom is 0.137 e. The van der Waals surface area contributed by atoms with Gasteiger partial charge in [0.25, 0.3) is 0 Å². The molecule has 47 heavy (non-hydrogen) atoms. The van der Waals surface area contributed by atoms with Crippen molar-refractivity contribution in [2.24, 2.45) is 11.8 Å². The molecule has 274 valence electrons. The Balaban J connectivity index is -0.000000938. The second kappa shape index (κ2) is 36.8. The van der Waals surface area contributed by atoms with Crippen molar-refractivity contribution in [3.63, 3.8) is 0 Å². The summed E-state index contributed by atoms with van der Waals surface area (Å²) >= 11 is 0. The third kappa shape index (κ3) is 31.0. The van der Waals surface area contributed by atoms with Crippen LogP contribution in [0.3, 0.4) is 0 Å². The Morgan fingerprint density at radius 2 is 1.02 bits per heavy atom. The van der Waals surface area contributed by atoms with Crippen molar-refractivity contribution in [2.45, 2.75) is 204 Å². The fourth-order valence-electron chi connectivity index (χ4n) is 5.55. The van der Waals surface area contributed by atoms with Crippen LogP contribution >= 0.6 is 0 Å². The maximum absolute atomic E-state index is 12.6. The highest BCUT2D eigenvalue weighted by molar-refractivity contribution is 5.91. The van der Waals surface area contributed by atoms with Crippen LogP contribution < -0.4 is 0 Å². The van der Waals surface area contributed by atoms with Crippen LogP contribution in [0.2, 0.25) is 0 Å². The summed E-state index contributed by atoms with van der Waals surface area (Å²) in [6, 6.07) is 8.88. The fourth-order valence-corrected chi connectivity index (χ4v) is 5.55. The molecular weight excluding hydrogens is 576 g/mol. The maximum atomic E-state index is 12.6. The van der Waals surface area contributed by atoms with Gasteiger partial charge in [-0.3, -0.25) is 9.59 Å². The average Bonchev–Trinajstić information content (AvgIpc) is 3.09. The number of aryl methyl sites for hydroxylation is 2. The van der Waals surface area contributed by atoms with E-state index < -0.39 is 0 Å². The van der Waals surface area contributed by atoms with Crippen LogP contribution in [0, 0.1) is 11.8 Å². The third-order valence-corrected chi connectivity index (χ3v) is 8.65. The van der Waals surface area contributed by atoms with Crippen molar-refractivity contribution in [3.8, 4) is 0 Å². The highest BCUT2D eigenvalue weighted by Crippen LogP contribution is 2.24. The summed E-state index contributed by atoms with van der Waals surface area (Å²) in [6.45, 7) is 23.9. The molecule has 0 spiro atoms. The summed E-state index contributed by atoms with van der Waals surface area (Å²) in [7, 11) is 0. The number of carbonyl (C=O) groups is 3. The molecule has 0 heterocycles. The predicted molar refractivity (Wildman–Crippen MR) is 209 cm³/mol. The molecule has 0 saturated heterocycles. The van der Waals surface area contributed by atoms with Gasteiger partial charge in [0.2, 0.25) is 0 Å². The topological polar surface area (TPSA) is 51.2 Å². The van der Waals surface area contributed by atoms with E-state index in [1.54, 1.807) is 0 Å². The van der Waals surface area contributed by atoms with Crippen molar-refractivity contribution in [2.75, 3.05) is 0 Å². The van der Waals surface area contributed by atoms with E-state index in [0.717, 1.165) is 44.9 Å². The van der Waals surface area contributed by atoms with Crippen LogP contribution in [0.15, 0.2) is 36.4 Å². The summed E-state index contributed by atoms with van der Waals surface area (Å²) in [6.07, 6.45) is 23.1. The van der Waals surface area contributed by atoms with E-state index in [9.17, 15) is 14.4 Å². The average molecular weight is 657 g/mol. The molecule has 0 fully saturated rings. The van der Waals surface area contributed by atoms with Crippen LogP contribution in [-0.4, -0.2) is 17.3 Å². The Hall–Kier alpha value is -2.03. The van der Waals surface area contributed by atoms with E-state index in [2.05, 4.69) is 58.5 Å². The molecule has 0 aliphatic heterocycles. The summed E-state index contributed by atoms with van der Waals surface area (Å²) in [5, 5.41) is 0. The number of hydrogen-bond donors (Lipinski definition) is 0. The first-order chi connectivity index (χ1) is 22.7. The van der Waals surface area contributed by atoms with E-state index in [1.165, 1.54) is 94.3 Å². The van der Waals surface area contributed by atoms with Crippen molar-refractivity contribution in [1.29, 1.82) is 0 Å². The Morgan fingerprint density at radius 1 is 0.574 bits per heavy atom. The lowest BCUT2D eigenvalue weighted by atomic mass is 9.81. The van der Waals surface area contributed by atoms with Crippen LogP contribution in [0.1, 0.15) is 202 Å². The molecule has 0 bridgehead atoms. The Kier molecular flexibility index (Phi) is 38.6. The van der Waals surface area contributed by atoms with Gasteiger partial charge in [0.15, 0.2) is 0 Å². The van der Waals surface area contributed by atoms with Gasteiger partial charge in [-0.05, 0) is 57.1 Å². The number of ketones is 3. The van der Waals surface area contributed by atoms with E-state index in [4.69, 9.17) is 0 Å². The Morgan fingerprint density at radius 3 is 1.43 bits per heavy atom. The molecule has 1 rings (SSSR count). The van der Waals surface area contributed by atoms with E-state index in [1.807, 2.05) is 34.6 Å². The zero-order valence-corrected chi connectivity index (χ0v) is 33.2. The lowest BCUT2D eigenvalue weighted by Crippen LogP contribution is -2.28. The number of benzene rings is 1. The van der Waals surface area contributed by atoms with Gasteiger partial charge in [-0.1, -0.05) is 169 Å². The van der Waals surface area contributed by atoms with Gasteiger partial charge in [-0.25, -0.2) is 0 Å². The van der Waals surface area contributed by atoms with Crippen LogP contribution in [0.5, 0.6) is 0 Å².